The first kappa shape index (κ1) is 19.9. The molecule has 2 N–H and O–H groups in total. The monoisotopic (exact) mass is 423 g/mol. The third-order valence-electron chi connectivity index (χ3n) is 4.71. The van der Waals surface area contributed by atoms with Crippen molar-refractivity contribution in [2.24, 2.45) is 10.7 Å². The molecule has 0 aliphatic carbocycles. The number of nitrogens with two attached hydrogens (primary N) is 1. The third-order valence-corrected chi connectivity index (χ3v) is 5.76. The van der Waals surface area contributed by atoms with Crippen LogP contribution in [0.15, 0.2) is 65.7 Å². The summed E-state index contributed by atoms with van der Waals surface area (Å²) in [4.78, 5) is 31.6. The minimum absolute atomic E-state index is 0.248. The zero-order chi connectivity index (χ0) is 21.5. The topological polar surface area (TPSA) is 85.0 Å². The van der Waals surface area contributed by atoms with Crippen LogP contribution in [0.1, 0.15) is 27.7 Å². The molecule has 0 saturated carbocycles. The summed E-state index contributed by atoms with van der Waals surface area (Å²) in [7, 11) is 1.29. The fourth-order valence-corrected chi connectivity index (χ4v) is 4.22. The number of thiophene rings is 1. The Labute approximate surface area is 176 Å². The van der Waals surface area contributed by atoms with Gasteiger partial charge in [0.2, 0.25) is 0 Å². The highest BCUT2D eigenvalue weighted by Crippen LogP contribution is 2.39. The number of halogens is 1. The van der Waals surface area contributed by atoms with E-state index < -0.39 is 23.4 Å². The molecule has 0 saturated heterocycles. The normalized spacial score (nSPS) is 18.5. The molecule has 1 aliphatic heterocycles. The zero-order valence-electron chi connectivity index (χ0n) is 16.3. The van der Waals surface area contributed by atoms with E-state index in [-0.39, 0.29) is 11.3 Å². The Morgan fingerprint density at radius 2 is 1.77 bits per heavy atom. The Balaban J connectivity index is 1.95. The van der Waals surface area contributed by atoms with E-state index in [0.717, 1.165) is 11.3 Å². The van der Waals surface area contributed by atoms with E-state index >= 15 is 0 Å². The van der Waals surface area contributed by atoms with Crippen LogP contribution in [0.3, 0.4) is 0 Å². The van der Waals surface area contributed by atoms with Gasteiger partial charge in [-0.1, -0.05) is 30.3 Å². The fraction of sp³-hybridized carbons (Fsp3) is 0.136. The minimum atomic E-state index is -1.66. The first-order valence-corrected chi connectivity index (χ1v) is 9.91. The van der Waals surface area contributed by atoms with Gasteiger partial charge in [0, 0.05) is 11.1 Å². The SMILES string of the molecule is COC(=O)c1ccc(N2C(=O)C(C)(N)N=C(c3ccccc3F)c3ccccc32)s1. The minimum Gasteiger partial charge on any atom is -0.465 e. The molecule has 1 amide bonds. The number of hydrogen-bond donors (Lipinski definition) is 1. The van der Waals surface area contributed by atoms with Gasteiger partial charge < -0.3 is 4.74 Å². The molecule has 3 aromatic rings. The van der Waals surface area contributed by atoms with Crippen molar-refractivity contribution in [1.82, 2.24) is 0 Å². The molecular weight excluding hydrogens is 405 g/mol. The molecule has 1 aliphatic rings. The summed E-state index contributed by atoms with van der Waals surface area (Å²) in [6, 6.07) is 16.5. The maximum absolute atomic E-state index is 14.6. The van der Waals surface area contributed by atoms with Crippen molar-refractivity contribution in [1.29, 1.82) is 0 Å². The second-order valence-electron chi connectivity index (χ2n) is 6.87. The molecule has 152 valence electrons. The summed E-state index contributed by atoms with van der Waals surface area (Å²) in [6.07, 6.45) is 0. The number of benzodiazepines with no additional fused rings is 1. The predicted molar refractivity (Wildman–Crippen MR) is 114 cm³/mol. The molecular formula is C22H18FN3O3S. The Morgan fingerprint density at radius 3 is 2.47 bits per heavy atom. The zero-order valence-corrected chi connectivity index (χ0v) is 17.1. The van der Waals surface area contributed by atoms with Gasteiger partial charge in [0.1, 0.15) is 15.7 Å². The van der Waals surface area contributed by atoms with Crippen molar-refractivity contribution >= 4 is 39.6 Å². The quantitative estimate of drug-likeness (QED) is 0.648. The van der Waals surface area contributed by atoms with Crippen molar-refractivity contribution in [3.8, 4) is 0 Å². The van der Waals surface area contributed by atoms with Crippen LogP contribution >= 0.6 is 11.3 Å². The number of esters is 1. The molecule has 6 nitrogen and oxygen atoms in total. The number of hydrogen-bond acceptors (Lipinski definition) is 6. The lowest BCUT2D eigenvalue weighted by Crippen LogP contribution is -2.50. The van der Waals surface area contributed by atoms with Crippen LogP contribution in [0.2, 0.25) is 0 Å². The van der Waals surface area contributed by atoms with Crippen LogP contribution in [-0.2, 0) is 9.53 Å². The molecule has 2 heterocycles. The summed E-state index contributed by atoms with van der Waals surface area (Å²) >= 11 is 1.10. The van der Waals surface area contributed by atoms with Gasteiger partial charge in [0.15, 0.2) is 5.66 Å². The average Bonchev–Trinajstić information content (AvgIpc) is 3.19. The molecule has 0 radical (unpaired) electrons. The standard InChI is InChI=1S/C22H18FN3O3S/c1-22(24)21(28)26(18-12-11-17(30-18)20(27)29-2)16-10-6-4-8-14(16)19(25-22)13-7-3-5-9-15(13)23/h3-12H,24H2,1-2H3. The van der Waals surface area contributed by atoms with Gasteiger partial charge in [0.25, 0.3) is 5.91 Å². The number of ether oxygens (including phenoxy) is 1. The summed E-state index contributed by atoms with van der Waals surface area (Å²) in [5, 5.41) is 0.481. The van der Waals surface area contributed by atoms with Crippen LogP contribution in [0.5, 0.6) is 0 Å². The van der Waals surface area contributed by atoms with Crippen LogP contribution in [0.25, 0.3) is 0 Å². The Hall–Kier alpha value is -3.36. The van der Waals surface area contributed by atoms with Crippen molar-refractivity contribution in [2.45, 2.75) is 12.6 Å². The second-order valence-corrected chi connectivity index (χ2v) is 7.94. The fourth-order valence-electron chi connectivity index (χ4n) is 3.28. The summed E-state index contributed by atoms with van der Waals surface area (Å²) in [6.45, 7) is 1.48. The smallest absolute Gasteiger partial charge is 0.348 e. The van der Waals surface area contributed by atoms with Crippen molar-refractivity contribution in [3.05, 3.63) is 82.5 Å². The largest absolute Gasteiger partial charge is 0.465 e. The average molecular weight is 423 g/mol. The van der Waals surface area contributed by atoms with E-state index in [2.05, 4.69) is 4.99 Å². The van der Waals surface area contributed by atoms with Gasteiger partial charge in [-0.05, 0) is 37.3 Å². The first-order chi connectivity index (χ1) is 14.3. The van der Waals surface area contributed by atoms with E-state index in [1.54, 1.807) is 54.6 Å². The lowest BCUT2D eigenvalue weighted by molar-refractivity contribution is -0.122. The maximum atomic E-state index is 14.6. The summed E-state index contributed by atoms with van der Waals surface area (Å²) < 4.78 is 19.4. The van der Waals surface area contributed by atoms with Crippen molar-refractivity contribution in [2.75, 3.05) is 12.0 Å². The molecule has 2 aromatic carbocycles. The maximum Gasteiger partial charge on any atom is 0.348 e. The highest BCUT2D eigenvalue weighted by atomic mass is 32.1. The number of para-hydroxylation sites is 1. The number of aliphatic imine (C=N–C) groups is 1. The van der Waals surface area contributed by atoms with Crippen LogP contribution in [0, 0.1) is 5.82 Å². The lowest BCUT2D eigenvalue weighted by Gasteiger charge is -2.26. The molecule has 0 fully saturated rings. The number of anilines is 2. The van der Waals surface area contributed by atoms with Gasteiger partial charge >= 0.3 is 5.97 Å². The molecule has 0 bridgehead atoms. The Kier molecular flexibility index (Phi) is 4.97. The van der Waals surface area contributed by atoms with Crippen molar-refractivity contribution in [3.63, 3.8) is 0 Å². The predicted octanol–water partition coefficient (Wildman–Crippen LogP) is 3.86. The number of fused-ring (bicyclic) bond motifs is 1. The highest BCUT2D eigenvalue weighted by Gasteiger charge is 2.40. The molecule has 30 heavy (non-hydrogen) atoms. The van der Waals surface area contributed by atoms with Gasteiger partial charge in [-0.3, -0.25) is 20.4 Å². The Bertz CT molecular complexity index is 1190. The van der Waals surface area contributed by atoms with Gasteiger partial charge in [-0.15, -0.1) is 11.3 Å². The van der Waals surface area contributed by atoms with Crippen LogP contribution in [0.4, 0.5) is 15.1 Å². The molecule has 8 heteroatoms. The lowest BCUT2D eigenvalue weighted by atomic mass is 9.99. The number of methoxy groups -OCH3 is 1. The van der Waals surface area contributed by atoms with E-state index in [9.17, 15) is 14.0 Å². The first-order valence-electron chi connectivity index (χ1n) is 9.09. The van der Waals surface area contributed by atoms with Gasteiger partial charge in [-0.2, -0.15) is 0 Å². The number of carbonyl (C=O) groups excluding carboxylic acids is 2. The number of nitrogens with zero attached hydrogens (tertiary/aromatic N) is 2. The van der Waals surface area contributed by atoms with E-state index in [1.807, 2.05) is 0 Å². The van der Waals surface area contributed by atoms with E-state index in [4.69, 9.17) is 10.5 Å². The summed E-state index contributed by atoms with van der Waals surface area (Å²) in [5.74, 6) is -1.47. The van der Waals surface area contributed by atoms with E-state index in [1.165, 1.54) is 25.0 Å². The highest BCUT2D eigenvalue weighted by molar-refractivity contribution is 7.18. The van der Waals surface area contributed by atoms with E-state index in [0.29, 0.717) is 21.1 Å². The van der Waals surface area contributed by atoms with Crippen molar-refractivity contribution < 1.29 is 18.7 Å². The van der Waals surface area contributed by atoms with Gasteiger partial charge in [-0.25, -0.2) is 9.18 Å². The van der Waals surface area contributed by atoms with Crippen LogP contribution in [-0.4, -0.2) is 30.4 Å². The summed E-state index contributed by atoms with van der Waals surface area (Å²) in [5.41, 5.74) is 6.24. The van der Waals surface area contributed by atoms with Gasteiger partial charge in [0.05, 0.1) is 18.5 Å². The molecule has 1 atom stereocenters. The molecule has 0 spiro atoms. The second kappa shape index (κ2) is 7.47. The number of benzene rings is 2. The molecule has 4 rings (SSSR count). The third kappa shape index (κ3) is 3.30. The number of rotatable bonds is 3. The molecule has 1 aromatic heterocycles. The number of carbonyl (C=O) groups is 2. The Morgan fingerprint density at radius 1 is 1.10 bits per heavy atom. The molecule has 1 unspecified atom stereocenters. The van der Waals surface area contributed by atoms with Crippen LogP contribution < -0.4 is 10.6 Å². The number of amides is 1.